The first kappa shape index (κ1) is 11.1. The van der Waals surface area contributed by atoms with E-state index >= 15 is 0 Å². The zero-order chi connectivity index (χ0) is 12.6. The van der Waals surface area contributed by atoms with Gasteiger partial charge in [0.2, 0.25) is 0 Å². The first-order valence-corrected chi connectivity index (χ1v) is 5.03. The molecule has 0 atom stereocenters. The maximum Gasteiger partial charge on any atom is 0.272 e. The first-order chi connectivity index (χ1) is 7.99. The minimum absolute atomic E-state index is 0.0464. The van der Waals surface area contributed by atoms with Gasteiger partial charge in [-0.05, 0) is 26.0 Å². The largest absolute Gasteiger partial charge is 0.295 e. The average Bonchev–Trinajstić information content (AvgIpc) is 2.57. The summed E-state index contributed by atoms with van der Waals surface area (Å²) in [4.78, 5) is 21.8. The van der Waals surface area contributed by atoms with E-state index in [4.69, 9.17) is 0 Å². The van der Waals surface area contributed by atoms with Crippen molar-refractivity contribution >= 4 is 5.69 Å². The summed E-state index contributed by atoms with van der Waals surface area (Å²) in [6.45, 7) is 3.42. The van der Waals surface area contributed by atoms with Crippen molar-refractivity contribution in [3.63, 3.8) is 0 Å². The minimum atomic E-state index is -0.443. The molecule has 0 saturated heterocycles. The van der Waals surface area contributed by atoms with Gasteiger partial charge in [-0.15, -0.1) is 0 Å². The Balaban J connectivity index is 2.55. The lowest BCUT2D eigenvalue weighted by atomic mass is 10.2. The third-order valence-electron chi connectivity index (χ3n) is 2.48. The fourth-order valence-corrected chi connectivity index (χ4v) is 1.69. The van der Waals surface area contributed by atoms with Gasteiger partial charge in [0, 0.05) is 23.4 Å². The molecule has 88 valence electrons. The zero-order valence-electron chi connectivity index (χ0n) is 9.43. The second kappa shape index (κ2) is 3.89. The molecule has 0 fully saturated rings. The van der Waals surface area contributed by atoms with Gasteiger partial charge in [0.25, 0.3) is 11.2 Å². The van der Waals surface area contributed by atoms with Crippen LogP contribution in [0.25, 0.3) is 5.69 Å². The van der Waals surface area contributed by atoms with Gasteiger partial charge in [0.15, 0.2) is 0 Å². The number of H-pyrrole nitrogens is 1. The highest BCUT2D eigenvalue weighted by molar-refractivity contribution is 5.47. The minimum Gasteiger partial charge on any atom is -0.295 e. The smallest absolute Gasteiger partial charge is 0.272 e. The zero-order valence-corrected chi connectivity index (χ0v) is 9.43. The molecule has 0 bridgehead atoms. The number of aromatic amines is 1. The maximum absolute atomic E-state index is 11.6. The summed E-state index contributed by atoms with van der Waals surface area (Å²) >= 11 is 0. The maximum atomic E-state index is 11.6. The Labute approximate surface area is 96.6 Å². The first-order valence-electron chi connectivity index (χ1n) is 5.03. The van der Waals surface area contributed by atoms with E-state index in [1.165, 1.54) is 16.8 Å². The molecule has 0 unspecified atom stereocenters. The van der Waals surface area contributed by atoms with Crippen LogP contribution in [0.4, 0.5) is 5.69 Å². The second-order valence-corrected chi connectivity index (χ2v) is 3.84. The van der Waals surface area contributed by atoms with Crippen LogP contribution in [0, 0.1) is 24.0 Å². The van der Waals surface area contributed by atoms with Crippen molar-refractivity contribution in [1.82, 2.24) is 9.78 Å². The van der Waals surface area contributed by atoms with E-state index in [0.717, 1.165) is 5.69 Å². The van der Waals surface area contributed by atoms with Crippen LogP contribution in [0.3, 0.4) is 0 Å². The SMILES string of the molecule is Cc1cc(=O)n(-c2ccc([N+](=O)[O-])c(C)c2)[nH]1. The Hall–Kier alpha value is -2.37. The highest BCUT2D eigenvalue weighted by atomic mass is 16.6. The summed E-state index contributed by atoms with van der Waals surface area (Å²) in [5.74, 6) is 0. The van der Waals surface area contributed by atoms with Crippen molar-refractivity contribution in [2.75, 3.05) is 0 Å². The van der Waals surface area contributed by atoms with Crippen molar-refractivity contribution in [2.24, 2.45) is 0 Å². The third-order valence-corrected chi connectivity index (χ3v) is 2.48. The van der Waals surface area contributed by atoms with E-state index in [-0.39, 0.29) is 11.2 Å². The Morgan fingerprint density at radius 2 is 2.00 bits per heavy atom. The third kappa shape index (κ3) is 1.96. The molecule has 1 N–H and O–H groups in total. The van der Waals surface area contributed by atoms with E-state index in [1.807, 2.05) is 0 Å². The van der Waals surface area contributed by atoms with Crippen molar-refractivity contribution < 1.29 is 4.92 Å². The number of rotatable bonds is 2. The van der Waals surface area contributed by atoms with Crippen LogP contribution in [-0.4, -0.2) is 14.7 Å². The molecular formula is C11H11N3O3. The summed E-state index contributed by atoms with van der Waals surface area (Å²) in [5, 5.41) is 13.5. The van der Waals surface area contributed by atoms with Crippen molar-refractivity contribution in [3.8, 4) is 5.69 Å². The number of hydrogen-bond donors (Lipinski definition) is 1. The van der Waals surface area contributed by atoms with E-state index in [2.05, 4.69) is 5.10 Å². The van der Waals surface area contributed by atoms with Crippen LogP contribution in [0.1, 0.15) is 11.3 Å². The van der Waals surface area contributed by atoms with Gasteiger partial charge in [-0.1, -0.05) is 0 Å². The summed E-state index contributed by atoms with van der Waals surface area (Å²) in [6.07, 6.45) is 0. The van der Waals surface area contributed by atoms with Crippen LogP contribution in [0.15, 0.2) is 29.1 Å². The molecule has 0 aliphatic rings. The highest BCUT2D eigenvalue weighted by Crippen LogP contribution is 2.19. The van der Waals surface area contributed by atoms with E-state index in [1.54, 1.807) is 26.0 Å². The van der Waals surface area contributed by atoms with Crippen LogP contribution >= 0.6 is 0 Å². The van der Waals surface area contributed by atoms with Crippen molar-refractivity contribution in [3.05, 3.63) is 56.0 Å². The topological polar surface area (TPSA) is 80.9 Å². The van der Waals surface area contributed by atoms with Crippen molar-refractivity contribution in [2.45, 2.75) is 13.8 Å². The Bertz CT molecular complexity index is 640. The van der Waals surface area contributed by atoms with E-state index < -0.39 is 4.92 Å². The highest BCUT2D eigenvalue weighted by Gasteiger charge is 2.11. The fraction of sp³-hybridized carbons (Fsp3) is 0.182. The Morgan fingerprint density at radius 3 is 2.47 bits per heavy atom. The molecule has 0 aliphatic heterocycles. The van der Waals surface area contributed by atoms with Crippen LogP contribution in [-0.2, 0) is 0 Å². The van der Waals surface area contributed by atoms with E-state index in [0.29, 0.717) is 11.3 Å². The summed E-state index contributed by atoms with van der Waals surface area (Å²) in [5.41, 5.74) is 1.71. The van der Waals surface area contributed by atoms with E-state index in [9.17, 15) is 14.9 Å². The van der Waals surface area contributed by atoms with Crippen LogP contribution in [0.2, 0.25) is 0 Å². The molecule has 2 rings (SSSR count). The Morgan fingerprint density at radius 1 is 1.29 bits per heavy atom. The van der Waals surface area contributed by atoms with Crippen molar-refractivity contribution in [1.29, 1.82) is 0 Å². The average molecular weight is 233 g/mol. The predicted octanol–water partition coefficient (Wildman–Crippen LogP) is 1.69. The number of nitrogens with one attached hydrogen (secondary N) is 1. The molecule has 1 aromatic heterocycles. The summed E-state index contributed by atoms with van der Waals surface area (Å²) in [6, 6.07) is 6.02. The molecule has 0 saturated carbocycles. The number of nitro benzene ring substituents is 1. The van der Waals surface area contributed by atoms with Crippen LogP contribution in [0.5, 0.6) is 0 Å². The van der Waals surface area contributed by atoms with Gasteiger partial charge in [-0.3, -0.25) is 20.0 Å². The molecule has 1 heterocycles. The lowest BCUT2D eigenvalue weighted by Gasteiger charge is -2.03. The molecule has 6 nitrogen and oxygen atoms in total. The Kier molecular flexibility index (Phi) is 2.55. The predicted molar refractivity (Wildman–Crippen MR) is 62.5 cm³/mol. The van der Waals surface area contributed by atoms with Crippen LogP contribution < -0.4 is 5.56 Å². The number of aryl methyl sites for hydroxylation is 2. The fourth-order valence-electron chi connectivity index (χ4n) is 1.69. The molecule has 0 amide bonds. The molecule has 0 radical (unpaired) electrons. The molecule has 0 aliphatic carbocycles. The molecular weight excluding hydrogens is 222 g/mol. The monoisotopic (exact) mass is 233 g/mol. The molecule has 2 aromatic rings. The molecule has 6 heteroatoms. The number of nitro groups is 1. The summed E-state index contributed by atoms with van der Waals surface area (Å²) < 4.78 is 1.35. The molecule has 0 spiro atoms. The molecule has 17 heavy (non-hydrogen) atoms. The quantitative estimate of drug-likeness (QED) is 0.633. The van der Waals surface area contributed by atoms with Gasteiger partial charge < -0.3 is 0 Å². The number of nitrogens with zero attached hydrogens (tertiary/aromatic N) is 2. The van der Waals surface area contributed by atoms with Gasteiger partial charge in [0.1, 0.15) is 0 Å². The van der Waals surface area contributed by atoms with Gasteiger partial charge >= 0.3 is 0 Å². The molecule has 1 aromatic carbocycles. The second-order valence-electron chi connectivity index (χ2n) is 3.84. The lowest BCUT2D eigenvalue weighted by Crippen LogP contribution is -2.13. The lowest BCUT2D eigenvalue weighted by molar-refractivity contribution is -0.385. The number of aromatic nitrogens is 2. The standard InChI is InChI=1S/C11H11N3O3/c1-7-5-9(3-4-10(7)14(16)17)13-11(15)6-8(2)12-13/h3-6,12H,1-2H3. The summed E-state index contributed by atoms with van der Waals surface area (Å²) in [7, 11) is 0. The van der Waals surface area contributed by atoms with Gasteiger partial charge in [-0.25, -0.2) is 4.68 Å². The van der Waals surface area contributed by atoms with Gasteiger partial charge in [0.05, 0.1) is 10.6 Å². The number of benzene rings is 1. The normalized spacial score (nSPS) is 10.5. The number of hydrogen-bond acceptors (Lipinski definition) is 3. The van der Waals surface area contributed by atoms with Gasteiger partial charge in [-0.2, -0.15) is 0 Å².